The summed E-state index contributed by atoms with van der Waals surface area (Å²) in [4.78, 5) is 15.3. The highest BCUT2D eigenvalue weighted by Crippen LogP contribution is 2.40. The fraction of sp³-hybridized carbons (Fsp3) is 0. The second-order valence-electron chi connectivity index (χ2n) is 13.4. The van der Waals surface area contributed by atoms with E-state index in [0.717, 1.165) is 49.3 Å². The average molecular weight is 725 g/mol. The summed E-state index contributed by atoms with van der Waals surface area (Å²) >= 11 is 0. The van der Waals surface area contributed by atoms with Gasteiger partial charge in [0, 0.05) is 38.4 Å². The Balaban J connectivity index is 1.21. The molecule has 0 radical (unpaired) electrons. The number of rotatable bonds is 6. The van der Waals surface area contributed by atoms with E-state index in [9.17, 15) is 2.74 Å². The Hall–Kier alpha value is -7.63. The van der Waals surface area contributed by atoms with Gasteiger partial charge in [-0.2, -0.15) is 9.97 Å². The molecule has 0 aliphatic rings. The van der Waals surface area contributed by atoms with Crippen molar-refractivity contribution in [3.8, 4) is 56.7 Å². The number of hydrogen-bond donors (Lipinski definition) is 0. The van der Waals surface area contributed by atoms with Crippen LogP contribution in [-0.2, 0) is 0 Å². The summed E-state index contributed by atoms with van der Waals surface area (Å²) in [6.45, 7) is 0. The van der Waals surface area contributed by atoms with Gasteiger partial charge in [-0.1, -0.05) is 164 Å². The van der Waals surface area contributed by atoms with Crippen molar-refractivity contribution in [1.29, 1.82) is 0 Å². The summed E-state index contributed by atoms with van der Waals surface area (Å²) in [6, 6.07) is 42.4. The molecule has 0 bridgehead atoms. The third-order valence-electron chi connectivity index (χ3n) is 10.2. The normalized spacial score (nSPS) is 13.8. The van der Waals surface area contributed by atoms with Crippen LogP contribution in [0.4, 0.5) is 0 Å². The maximum absolute atomic E-state index is 9.67. The lowest BCUT2D eigenvalue weighted by atomic mass is 10.0. The topological polar surface area (TPSA) is 48.5 Å². The van der Waals surface area contributed by atoms with E-state index in [-0.39, 0.29) is 16.8 Å². The first-order chi connectivity index (χ1) is 31.5. The first kappa shape index (κ1) is 23.9. The van der Waals surface area contributed by atoms with E-state index in [1.807, 2.05) is 132 Å². The number of para-hydroxylation sites is 2. The summed E-state index contributed by atoms with van der Waals surface area (Å²) in [7, 11) is 0. The van der Waals surface area contributed by atoms with E-state index >= 15 is 0 Å². The molecule has 11 aromatic rings. The minimum absolute atomic E-state index is 0.0752. The Bertz CT molecular complexity index is 3730. The Morgan fingerprint density at radius 3 is 1.55 bits per heavy atom. The van der Waals surface area contributed by atoms with Gasteiger partial charge < -0.3 is 4.57 Å². The van der Waals surface area contributed by atoms with Gasteiger partial charge in [-0.3, -0.25) is 4.57 Å². The van der Waals surface area contributed by atoms with Crippen LogP contribution >= 0.6 is 0 Å². The van der Waals surface area contributed by atoms with Crippen molar-refractivity contribution in [2.24, 2.45) is 0 Å². The number of benzene rings is 8. The molecule has 0 N–H and O–H groups in total. The van der Waals surface area contributed by atoms with Crippen molar-refractivity contribution in [2.45, 2.75) is 0 Å². The van der Waals surface area contributed by atoms with E-state index in [1.54, 1.807) is 4.57 Å². The average Bonchev–Trinajstić information content (AvgIpc) is 3.84. The van der Waals surface area contributed by atoms with E-state index in [2.05, 4.69) is 18.2 Å². The van der Waals surface area contributed by atoms with Gasteiger partial charge in [-0.25, -0.2) is 4.98 Å². The Morgan fingerprint density at radius 1 is 0.357 bits per heavy atom. The summed E-state index contributed by atoms with van der Waals surface area (Å²) in [6.07, 6.45) is 0. The predicted molar refractivity (Wildman–Crippen MR) is 230 cm³/mol. The minimum atomic E-state index is -0.629. The van der Waals surface area contributed by atoms with Crippen molar-refractivity contribution in [2.75, 3.05) is 0 Å². The molecule has 0 fully saturated rings. The molecule has 0 saturated carbocycles. The number of nitrogens with zero attached hydrogens (tertiary/aromatic N) is 5. The van der Waals surface area contributed by atoms with Crippen LogP contribution in [0.15, 0.2) is 200 Å². The van der Waals surface area contributed by atoms with Gasteiger partial charge in [0.2, 0.25) is 5.95 Å². The molecule has 0 aliphatic carbocycles. The van der Waals surface area contributed by atoms with Crippen molar-refractivity contribution >= 4 is 43.6 Å². The second-order valence-corrected chi connectivity index (χ2v) is 13.4. The minimum Gasteiger partial charge on any atom is -0.309 e. The van der Waals surface area contributed by atoms with Gasteiger partial charge in [-0.15, -0.1) is 0 Å². The van der Waals surface area contributed by atoms with Crippen molar-refractivity contribution in [3.63, 3.8) is 0 Å². The molecule has 0 amide bonds. The quantitative estimate of drug-likeness (QED) is 0.172. The summed E-state index contributed by atoms with van der Waals surface area (Å²) in [5.74, 6) is 1.29. The summed E-state index contributed by atoms with van der Waals surface area (Å²) in [5.41, 5.74) is 5.62. The van der Waals surface area contributed by atoms with Gasteiger partial charge in [0.25, 0.3) is 0 Å². The predicted octanol–water partition coefficient (Wildman–Crippen LogP) is 12.7. The molecule has 0 spiro atoms. The zero-order valence-electron chi connectivity index (χ0n) is 38.6. The molecule has 5 nitrogen and oxygen atoms in total. The molecule has 8 aromatic carbocycles. The maximum atomic E-state index is 9.67. The van der Waals surface area contributed by atoms with E-state index < -0.39 is 54.4 Å². The number of aromatic nitrogens is 5. The highest BCUT2D eigenvalue weighted by molar-refractivity contribution is 6.19. The smallest absolute Gasteiger partial charge is 0.238 e. The van der Waals surface area contributed by atoms with E-state index in [4.69, 9.17) is 24.5 Å². The van der Waals surface area contributed by atoms with E-state index in [0.29, 0.717) is 34.1 Å². The highest BCUT2D eigenvalue weighted by atomic mass is 15.2. The van der Waals surface area contributed by atoms with Crippen LogP contribution in [-0.4, -0.2) is 24.1 Å². The summed E-state index contributed by atoms with van der Waals surface area (Å²) < 4.78 is 83.1. The zero-order valence-corrected chi connectivity index (χ0v) is 29.6. The lowest BCUT2D eigenvalue weighted by Gasteiger charge is -2.12. The van der Waals surface area contributed by atoms with Gasteiger partial charge in [0.1, 0.15) is 0 Å². The third-order valence-corrected chi connectivity index (χ3v) is 10.2. The molecule has 0 unspecified atom stereocenters. The molecule has 5 heteroatoms. The number of hydrogen-bond acceptors (Lipinski definition) is 3. The van der Waals surface area contributed by atoms with Crippen molar-refractivity contribution in [3.05, 3.63) is 200 Å². The molecular weight excluding hydrogens is 683 g/mol. The fourth-order valence-corrected chi connectivity index (χ4v) is 7.59. The first-order valence-electron chi connectivity index (χ1n) is 22.6. The van der Waals surface area contributed by atoms with Crippen molar-refractivity contribution in [1.82, 2.24) is 24.1 Å². The summed E-state index contributed by atoms with van der Waals surface area (Å²) in [5, 5.41) is 3.37. The largest absolute Gasteiger partial charge is 0.309 e. The fourth-order valence-electron chi connectivity index (χ4n) is 7.59. The van der Waals surface area contributed by atoms with Crippen LogP contribution in [0.25, 0.3) is 100 Å². The lowest BCUT2D eigenvalue weighted by molar-refractivity contribution is 0.953. The molecule has 3 aromatic heterocycles. The molecule has 56 heavy (non-hydrogen) atoms. The monoisotopic (exact) mass is 724 g/mol. The maximum Gasteiger partial charge on any atom is 0.238 e. The highest BCUT2D eigenvalue weighted by Gasteiger charge is 2.21. The van der Waals surface area contributed by atoms with Crippen LogP contribution < -0.4 is 0 Å². The SMILES string of the molecule is [2H]c1c([2H])c([2H])c(-c2c([2H])c([2H])c([2H])c(-n3c4ccccc4c4cc5c6ccccc6n(-c6nc(-c7ccccc7)nc(-c7ccc(-c8ccccc8)cc7)n6)c5cc43)c2[2H])c([2H])c1[2H]. The molecular formula is C51H33N5. The van der Waals surface area contributed by atoms with Gasteiger partial charge in [0.15, 0.2) is 11.6 Å². The molecule has 0 aliphatic heterocycles. The molecule has 11 rings (SSSR count). The van der Waals surface area contributed by atoms with Crippen LogP contribution in [0, 0.1) is 0 Å². The Kier molecular flexibility index (Phi) is 5.57. The number of fused-ring (bicyclic) bond motifs is 6. The third kappa shape index (κ3) is 5.29. The standard InChI is InChI=1S/C51H33N5/c1-4-15-34(16-5-1)36-27-29-38(30-28-36)50-52-49(37-19-8-3-9-20-37)53-51(54-50)56-46-26-13-11-24-42(46)44-32-43-41-23-10-12-25-45(41)55(47(43)33-48(44)56)40-22-14-21-39(31-40)35-17-6-2-7-18-35/h1-33H/i2D,6D,7D,14D,17D,18D,21D,22D,31D. The van der Waals surface area contributed by atoms with Crippen LogP contribution in [0.1, 0.15) is 12.3 Å². The van der Waals surface area contributed by atoms with Crippen LogP contribution in [0.5, 0.6) is 0 Å². The first-order valence-corrected chi connectivity index (χ1v) is 18.1. The molecule has 262 valence electrons. The van der Waals surface area contributed by atoms with Crippen LogP contribution in [0.2, 0.25) is 0 Å². The van der Waals surface area contributed by atoms with Gasteiger partial charge in [0.05, 0.1) is 34.4 Å². The Morgan fingerprint density at radius 2 is 0.875 bits per heavy atom. The molecule has 0 atom stereocenters. The second kappa shape index (κ2) is 13.0. The van der Waals surface area contributed by atoms with Crippen LogP contribution in [0.3, 0.4) is 0 Å². The van der Waals surface area contributed by atoms with Gasteiger partial charge in [-0.05, 0) is 58.6 Å². The molecule has 3 heterocycles. The molecule has 0 saturated heterocycles. The lowest BCUT2D eigenvalue weighted by Crippen LogP contribution is -2.06. The van der Waals surface area contributed by atoms with Crippen molar-refractivity contribution < 1.29 is 12.3 Å². The van der Waals surface area contributed by atoms with Gasteiger partial charge >= 0.3 is 0 Å². The van der Waals surface area contributed by atoms with E-state index in [1.165, 1.54) is 0 Å². The Labute approximate surface area is 336 Å². The zero-order chi connectivity index (χ0) is 44.8.